The first kappa shape index (κ1) is 17.2. The van der Waals surface area contributed by atoms with Gasteiger partial charge in [-0.15, -0.1) is 0 Å². The summed E-state index contributed by atoms with van der Waals surface area (Å²) in [6.07, 6.45) is 6.05. The minimum absolute atomic E-state index is 0.00467. The zero-order valence-electron chi connectivity index (χ0n) is 13.4. The predicted octanol–water partition coefficient (Wildman–Crippen LogP) is 1.18. The summed E-state index contributed by atoms with van der Waals surface area (Å²) in [5, 5.41) is 3.99. The first-order valence-electron chi connectivity index (χ1n) is 7.47. The number of hydrogen-bond acceptors (Lipinski definition) is 6. The summed E-state index contributed by atoms with van der Waals surface area (Å²) in [6.45, 7) is 0.214. The highest BCUT2D eigenvalue weighted by atomic mass is 32.2. The maximum absolute atomic E-state index is 13.7. The lowest BCUT2D eigenvalue weighted by Crippen LogP contribution is -2.25. The molecule has 0 aliphatic heterocycles. The SMILES string of the molecule is COc1ccc(S(=O)(=O)NCCCc2cnc3ncnn3c2)cc1F. The molecule has 0 saturated carbocycles. The molecule has 0 aliphatic rings. The minimum atomic E-state index is -3.78. The van der Waals surface area contributed by atoms with E-state index in [-0.39, 0.29) is 17.2 Å². The second-order valence-electron chi connectivity index (χ2n) is 5.26. The number of benzene rings is 1. The lowest BCUT2D eigenvalue weighted by Gasteiger charge is -2.08. The number of methoxy groups -OCH3 is 1. The Hall–Kier alpha value is -2.59. The van der Waals surface area contributed by atoms with Gasteiger partial charge < -0.3 is 4.74 Å². The molecule has 25 heavy (non-hydrogen) atoms. The Morgan fingerprint density at radius 3 is 2.92 bits per heavy atom. The maximum atomic E-state index is 13.7. The Morgan fingerprint density at radius 1 is 1.32 bits per heavy atom. The van der Waals surface area contributed by atoms with Gasteiger partial charge in [0.2, 0.25) is 10.0 Å². The van der Waals surface area contributed by atoms with Gasteiger partial charge in [0.1, 0.15) is 6.33 Å². The van der Waals surface area contributed by atoms with Gasteiger partial charge in [0.15, 0.2) is 11.6 Å². The molecule has 10 heteroatoms. The Morgan fingerprint density at radius 2 is 2.16 bits per heavy atom. The molecule has 0 fully saturated rings. The van der Waals surface area contributed by atoms with E-state index in [9.17, 15) is 12.8 Å². The molecule has 0 amide bonds. The fraction of sp³-hybridized carbons (Fsp3) is 0.267. The largest absolute Gasteiger partial charge is 0.494 e. The van der Waals surface area contributed by atoms with E-state index in [1.807, 2.05) is 0 Å². The van der Waals surface area contributed by atoms with Crippen LogP contribution < -0.4 is 9.46 Å². The Bertz CT molecular complexity index is 990. The van der Waals surface area contributed by atoms with Gasteiger partial charge in [-0.3, -0.25) is 0 Å². The highest BCUT2D eigenvalue weighted by molar-refractivity contribution is 7.89. The zero-order chi connectivity index (χ0) is 17.9. The molecule has 3 aromatic rings. The summed E-state index contributed by atoms with van der Waals surface area (Å²) in [6, 6.07) is 3.51. The topological polar surface area (TPSA) is 98.5 Å². The average molecular weight is 365 g/mol. The van der Waals surface area contributed by atoms with Gasteiger partial charge in [-0.1, -0.05) is 0 Å². The van der Waals surface area contributed by atoms with Crippen LogP contribution in [0.5, 0.6) is 5.75 Å². The number of aryl methyl sites for hydroxylation is 1. The molecule has 0 aliphatic carbocycles. The second kappa shape index (κ2) is 7.11. The van der Waals surface area contributed by atoms with E-state index in [0.29, 0.717) is 18.6 Å². The molecule has 0 spiro atoms. The standard InChI is InChI=1S/C15H16FN5O3S/c1-24-14-5-4-12(7-13(14)16)25(22,23)20-6-2-3-11-8-17-15-18-10-19-21(15)9-11/h4-5,7-10,20H,2-3,6H2,1H3. The molecule has 0 unspecified atom stereocenters. The summed E-state index contributed by atoms with van der Waals surface area (Å²) in [5.41, 5.74) is 0.910. The normalized spacial score (nSPS) is 11.8. The van der Waals surface area contributed by atoms with Crippen molar-refractivity contribution >= 4 is 15.8 Å². The van der Waals surface area contributed by atoms with Crippen LogP contribution in [0.25, 0.3) is 5.78 Å². The van der Waals surface area contributed by atoms with Gasteiger partial charge >= 0.3 is 0 Å². The van der Waals surface area contributed by atoms with Crippen molar-refractivity contribution in [3.63, 3.8) is 0 Å². The second-order valence-corrected chi connectivity index (χ2v) is 7.03. The quantitative estimate of drug-likeness (QED) is 0.632. The van der Waals surface area contributed by atoms with E-state index in [1.165, 1.54) is 25.6 Å². The van der Waals surface area contributed by atoms with E-state index in [4.69, 9.17) is 4.74 Å². The van der Waals surface area contributed by atoms with E-state index in [2.05, 4.69) is 19.8 Å². The number of nitrogens with one attached hydrogen (secondary N) is 1. The molecule has 132 valence electrons. The lowest BCUT2D eigenvalue weighted by molar-refractivity contribution is 0.385. The molecule has 2 heterocycles. The predicted molar refractivity (Wildman–Crippen MR) is 87.2 cm³/mol. The summed E-state index contributed by atoms with van der Waals surface area (Å²) < 4.78 is 46.8. The molecule has 0 atom stereocenters. The van der Waals surface area contributed by atoms with Crippen molar-refractivity contribution in [2.75, 3.05) is 13.7 Å². The highest BCUT2D eigenvalue weighted by Gasteiger charge is 2.16. The van der Waals surface area contributed by atoms with Crippen molar-refractivity contribution in [3.05, 3.63) is 48.3 Å². The van der Waals surface area contributed by atoms with Crippen molar-refractivity contribution in [3.8, 4) is 5.75 Å². The van der Waals surface area contributed by atoms with Crippen LogP contribution in [-0.4, -0.2) is 41.7 Å². The number of ether oxygens (including phenoxy) is 1. The fourth-order valence-electron chi connectivity index (χ4n) is 2.28. The summed E-state index contributed by atoms with van der Waals surface area (Å²) in [5.74, 6) is -0.224. The van der Waals surface area contributed by atoms with Crippen LogP contribution >= 0.6 is 0 Å². The van der Waals surface area contributed by atoms with Crippen molar-refractivity contribution in [2.24, 2.45) is 0 Å². The van der Waals surface area contributed by atoms with Gasteiger partial charge in [0.05, 0.1) is 12.0 Å². The Labute approximate surface area is 143 Å². The Kier molecular flexibility index (Phi) is 4.91. The number of sulfonamides is 1. The maximum Gasteiger partial charge on any atom is 0.252 e. The van der Waals surface area contributed by atoms with Crippen molar-refractivity contribution in [1.82, 2.24) is 24.3 Å². The summed E-state index contributed by atoms with van der Waals surface area (Å²) in [4.78, 5) is 7.95. The van der Waals surface area contributed by atoms with Crippen LogP contribution in [0.1, 0.15) is 12.0 Å². The number of rotatable bonds is 7. The molecule has 1 N–H and O–H groups in total. The van der Waals surface area contributed by atoms with Gasteiger partial charge in [0.25, 0.3) is 5.78 Å². The molecule has 0 bridgehead atoms. The van der Waals surface area contributed by atoms with Gasteiger partial charge in [-0.05, 0) is 36.6 Å². The van der Waals surface area contributed by atoms with Crippen LogP contribution in [0.2, 0.25) is 0 Å². The average Bonchev–Trinajstić information content (AvgIpc) is 3.06. The molecular weight excluding hydrogens is 349 g/mol. The van der Waals surface area contributed by atoms with Crippen LogP contribution in [0.15, 0.2) is 41.8 Å². The zero-order valence-corrected chi connectivity index (χ0v) is 14.2. The molecule has 8 nitrogen and oxygen atoms in total. The van der Waals surface area contributed by atoms with Crippen molar-refractivity contribution in [1.29, 1.82) is 0 Å². The number of fused-ring (bicyclic) bond motifs is 1. The highest BCUT2D eigenvalue weighted by Crippen LogP contribution is 2.20. The minimum Gasteiger partial charge on any atom is -0.494 e. The van der Waals surface area contributed by atoms with Gasteiger partial charge in [0, 0.05) is 18.9 Å². The number of halogens is 1. The first-order valence-corrected chi connectivity index (χ1v) is 8.95. The number of nitrogens with zero attached hydrogens (tertiary/aromatic N) is 4. The smallest absolute Gasteiger partial charge is 0.252 e. The van der Waals surface area contributed by atoms with Gasteiger partial charge in [-0.2, -0.15) is 10.1 Å². The molecule has 0 radical (unpaired) electrons. The van der Waals surface area contributed by atoms with Crippen molar-refractivity contribution in [2.45, 2.75) is 17.7 Å². The molecule has 2 aromatic heterocycles. The third-order valence-electron chi connectivity index (χ3n) is 3.56. The van der Waals surface area contributed by atoms with E-state index < -0.39 is 15.8 Å². The number of hydrogen-bond donors (Lipinski definition) is 1. The van der Waals surface area contributed by atoms with Crippen molar-refractivity contribution < 1.29 is 17.5 Å². The Balaban J connectivity index is 1.57. The van der Waals surface area contributed by atoms with Crippen LogP contribution in [-0.2, 0) is 16.4 Å². The third-order valence-corrected chi connectivity index (χ3v) is 5.01. The van der Waals surface area contributed by atoms with E-state index in [1.54, 1.807) is 16.9 Å². The monoisotopic (exact) mass is 365 g/mol. The van der Waals surface area contributed by atoms with E-state index in [0.717, 1.165) is 11.6 Å². The molecule has 0 saturated heterocycles. The molecule has 3 rings (SSSR count). The first-order chi connectivity index (χ1) is 12.0. The van der Waals surface area contributed by atoms with Crippen LogP contribution in [0.4, 0.5) is 4.39 Å². The summed E-state index contributed by atoms with van der Waals surface area (Å²) >= 11 is 0. The van der Waals surface area contributed by atoms with Crippen LogP contribution in [0.3, 0.4) is 0 Å². The molecular formula is C15H16FN5O3S. The third kappa shape index (κ3) is 3.91. The fourth-order valence-corrected chi connectivity index (χ4v) is 3.37. The van der Waals surface area contributed by atoms with Gasteiger partial charge in [-0.25, -0.2) is 27.0 Å². The lowest BCUT2D eigenvalue weighted by atomic mass is 10.2. The number of aromatic nitrogens is 4. The van der Waals surface area contributed by atoms with Crippen LogP contribution in [0, 0.1) is 5.82 Å². The summed E-state index contributed by atoms with van der Waals surface area (Å²) in [7, 11) is -2.46. The molecule has 1 aromatic carbocycles. The van der Waals surface area contributed by atoms with E-state index >= 15 is 0 Å².